The summed E-state index contributed by atoms with van der Waals surface area (Å²) >= 11 is 0. The van der Waals surface area contributed by atoms with E-state index in [4.69, 9.17) is 5.73 Å². The molecule has 4 N–H and O–H groups in total. The molecule has 0 saturated heterocycles. The van der Waals surface area contributed by atoms with E-state index in [9.17, 15) is 9.90 Å². The summed E-state index contributed by atoms with van der Waals surface area (Å²) in [6, 6.07) is 21.0. The molecular weight excluding hydrogens is 324 g/mol. The zero-order chi connectivity index (χ0) is 18.1. The van der Waals surface area contributed by atoms with Crippen LogP contribution in [-0.4, -0.2) is 16.0 Å². The highest BCUT2D eigenvalue weighted by atomic mass is 16.3. The van der Waals surface area contributed by atoms with Crippen molar-refractivity contribution in [1.82, 2.24) is 4.98 Å². The van der Waals surface area contributed by atoms with Gasteiger partial charge in [0.15, 0.2) is 0 Å². The first kappa shape index (κ1) is 16.0. The Balaban J connectivity index is 1.86. The fraction of sp³-hybridized carbons (Fsp3) is 0.0455. The van der Waals surface area contributed by atoms with Crippen LogP contribution in [0.5, 0.6) is 5.75 Å². The van der Waals surface area contributed by atoms with E-state index in [1.54, 1.807) is 12.1 Å². The number of amides is 1. The maximum atomic E-state index is 12.0. The van der Waals surface area contributed by atoms with Crippen LogP contribution in [0, 0.1) is 0 Å². The molecule has 1 heterocycles. The molecule has 0 bridgehead atoms. The summed E-state index contributed by atoms with van der Waals surface area (Å²) in [6.07, 6.45) is 2.61. The van der Waals surface area contributed by atoms with Crippen molar-refractivity contribution in [1.29, 1.82) is 0 Å². The van der Waals surface area contributed by atoms with E-state index in [0.717, 1.165) is 33.2 Å². The van der Waals surface area contributed by atoms with E-state index in [0.29, 0.717) is 12.0 Å². The molecule has 0 aliphatic heterocycles. The molecule has 0 saturated carbocycles. The predicted molar refractivity (Wildman–Crippen MR) is 103 cm³/mol. The van der Waals surface area contributed by atoms with Gasteiger partial charge < -0.3 is 15.8 Å². The summed E-state index contributed by atoms with van der Waals surface area (Å²) in [5.74, 6) is -0.208. The molecule has 0 radical (unpaired) electrons. The molecule has 4 rings (SSSR count). The smallest absolute Gasteiger partial charge is 0.250 e. The molecule has 1 amide bonds. The number of carbonyl (C=O) groups excluding carboxylic acids is 1. The number of aromatic nitrogens is 1. The monoisotopic (exact) mass is 342 g/mol. The van der Waals surface area contributed by atoms with E-state index < -0.39 is 5.91 Å². The van der Waals surface area contributed by atoms with Crippen molar-refractivity contribution < 1.29 is 9.90 Å². The number of primary amides is 1. The van der Waals surface area contributed by atoms with Crippen molar-refractivity contribution in [3.63, 3.8) is 0 Å². The van der Waals surface area contributed by atoms with Gasteiger partial charge in [-0.3, -0.25) is 4.79 Å². The number of rotatable bonds is 4. The standard InChI is InChI=1S/C22H18N2O2/c23-22(26)20-12-16(15-4-2-1-3-5-15)11-19-17(13-24-21(19)20)10-14-6-8-18(25)9-7-14/h1-9,11-13,24-25H,10H2,(H2,23,26). The van der Waals surface area contributed by atoms with Crippen molar-refractivity contribution >= 4 is 16.8 Å². The Kier molecular flexibility index (Phi) is 3.93. The molecule has 26 heavy (non-hydrogen) atoms. The van der Waals surface area contributed by atoms with E-state index in [-0.39, 0.29) is 5.75 Å². The highest BCUT2D eigenvalue weighted by Crippen LogP contribution is 2.30. The zero-order valence-corrected chi connectivity index (χ0v) is 14.1. The minimum absolute atomic E-state index is 0.245. The Morgan fingerprint density at radius 1 is 0.962 bits per heavy atom. The zero-order valence-electron chi connectivity index (χ0n) is 14.1. The molecule has 0 aliphatic rings. The first-order chi connectivity index (χ1) is 12.6. The lowest BCUT2D eigenvalue weighted by Crippen LogP contribution is -2.11. The number of phenolic OH excluding ortho intramolecular Hbond substituents is 1. The van der Waals surface area contributed by atoms with Crippen LogP contribution in [0.3, 0.4) is 0 Å². The highest BCUT2D eigenvalue weighted by molar-refractivity contribution is 6.07. The van der Waals surface area contributed by atoms with Gasteiger partial charge in [-0.05, 0) is 52.9 Å². The highest BCUT2D eigenvalue weighted by Gasteiger charge is 2.14. The molecule has 0 fully saturated rings. The van der Waals surface area contributed by atoms with Crippen LogP contribution in [0.25, 0.3) is 22.0 Å². The topological polar surface area (TPSA) is 79.1 Å². The van der Waals surface area contributed by atoms with Crippen molar-refractivity contribution in [2.45, 2.75) is 6.42 Å². The van der Waals surface area contributed by atoms with E-state index in [1.807, 2.05) is 54.7 Å². The number of phenols is 1. The Hall–Kier alpha value is -3.53. The van der Waals surface area contributed by atoms with Crippen molar-refractivity contribution in [3.8, 4) is 16.9 Å². The van der Waals surface area contributed by atoms with Gasteiger partial charge in [0, 0.05) is 11.6 Å². The second-order valence-corrected chi connectivity index (χ2v) is 6.33. The van der Waals surface area contributed by atoms with Gasteiger partial charge >= 0.3 is 0 Å². The number of fused-ring (bicyclic) bond motifs is 1. The second kappa shape index (κ2) is 6.41. The van der Waals surface area contributed by atoms with Crippen LogP contribution in [0.1, 0.15) is 21.5 Å². The number of hydrogen-bond donors (Lipinski definition) is 3. The lowest BCUT2D eigenvalue weighted by atomic mass is 9.97. The SMILES string of the molecule is NC(=O)c1cc(-c2ccccc2)cc2c(Cc3ccc(O)cc3)c[nH]c12. The third kappa shape index (κ3) is 2.93. The minimum atomic E-state index is -0.453. The first-order valence-corrected chi connectivity index (χ1v) is 8.39. The second-order valence-electron chi connectivity index (χ2n) is 6.33. The molecule has 128 valence electrons. The van der Waals surface area contributed by atoms with Crippen LogP contribution < -0.4 is 5.73 Å². The summed E-state index contributed by atoms with van der Waals surface area (Å²) in [6.45, 7) is 0. The number of H-pyrrole nitrogens is 1. The van der Waals surface area contributed by atoms with Gasteiger partial charge in [0.25, 0.3) is 5.91 Å². The number of aromatic hydroxyl groups is 1. The molecule has 1 aromatic heterocycles. The normalized spacial score (nSPS) is 10.9. The average Bonchev–Trinajstić information content (AvgIpc) is 3.06. The van der Waals surface area contributed by atoms with Crippen LogP contribution in [-0.2, 0) is 6.42 Å². The van der Waals surface area contributed by atoms with Gasteiger partial charge in [0.2, 0.25) is 0 Å². The van der Waals surface area contributed by atoms with Gasteiger partial charge in [-0.25, -0.2) is 0 Å². The molecule has 4 heteroatoms. The van der Waals surface area contributed by atoms with Crippen LogP contribution in [0.4, 0.5) is 0 Å². The Morgan fingerprint density at radius 2 is 1.69 bits per heavy atom. The molecule has 4 nitrogen and oxygen atoms in total. The molecule has 0 unspecified atom stereocenters. The summed E-state index contributed by atoms with van der Waals surface area (Å²) in [7, 11) is 0. The molecule has 4 aromatic rings. The van der Waals surface area contributed by atoms with Gasteiger partial charge in [0.05, 0.1) is 11.1 Å². The summed E-state index contributed by atoms with van der Waals surface area (Å²) in [5.41, 5.74) is 11.0. The first-order valence-electron chi connectivity index (χ1n) is 8.39. The summed E-state index contributed by atoms with van der Waals surface area (Å²) in [5, 5.41) is 10.4. The van der Waals surface area contributed by atoms with Crippen molar-refractivity contribution in [2.75, 3.05) is 0 Å². The quantitative estimate of drug-likeness (QED) is 0.519. The minimum Gasteiger partial charge on any atom is -0.508 e. The van der Waals surface area contributed by atoms with Gasteiger partial charge in [-0.2, -0.15) is 0 Å². The molecule has 0 aliphatic carbocycles. The Bertz CT molecular complexity index is 1080. The number of hydrogen-bond acceptors (Lipinski definition) is 2. The summed E-state index contributed by atoms with van der Waals surface area (Å²) < 4.78 is 0. The lowest BCUT2D eigenvalue weighted by molar-refractivity contribution is 0.100. The molecular formula is C22H18N2O2. The number of carbonyl (C=O) groups is 1. The third-order valence-corrected chi connectivity index (χ3v) is 4.58. The van der Waals surface area contributed by atoms with Crippen LogP contribution in [0.2, 0.25) is 0 Å². The average molecular weight is 342 g/mol. The fourth-order valence-electron chi connectivity index (χ4n) is 3.26. The van der Waals surface area contributed by atoms with Crippen molar-refractivity contribution in [3.05, 3.63) is 89.6 Å². The van der Waals surface area contributed by atoms with Crippen LogP contribution in [0.15, 0.2) is 72.9 Å². The molecule has 0 atom stereocenters. The Morgan fingerprint density at radius 3 is 2.38 bits per heavy atom. The van der Waals surface area contributed by atoms with E-state index >= 15 is 0 Å². The lowest BCUT2D eigenvalue weighted by Gasteiger charge is -2.07. The van der Waals surface area contributed by atoms with Crippen LogP contribution >= 0.6 is 0 Å². The predicted octanol–water partition coefficient (Wildman–Crippen LogP) is 4.23. The molecule has 0 spiro atoms. The molecule has 3 aromatic carbocycles. The maximum absolute atomic E-state index is 12.0. The van der Waals surface area contributed by atoms with Gasteiger partial charge in [-0.15, -0.1) is 0 Å². The largest absolute Gasteiger partial charge is 0.508 e. The van der Waals surface area contributed by atoms with Crippen molar-refractivity contribution in [2.24, 2.45) is 5.73 Å². The van der Waals surface area contributed by atoms with Gasteiger partial charge in [0.1, 0.15) is 5.75 Å². The fourth-order valence-corrected chi connectivity index (χ4v) is 3.26. The number of aromatic amines is 1. The Labute approximate surface area is 150 Å². The third-order valence-electron chi connectivity index (χ3n) is 4.58. The van der Waals surface area contributed by atoms with E-state index in [2.05, 4.69) is 11.1 Å². The number of nitrogens with two attached hydrogens (primary N) is 1. The number of benzene rings is 3. The van der Waals surface area contributed by atoms with Gasteiger partial charge in [-0.1, -0.05) is 42.5 Å². The van der Waals surface area contributed by atoms with E-state index in [1.165, 1.54) is 0 Å². The summed E-state index contributed by atoms with van der Waals surface area (Å²) in [4.78, 5) is 15.2. The number of nitrogens with one attached hydrogen (secondary N) is 1. The maximum Gasteiger partial charge on any atom is 0.250 e.